The highest BCUT2D eigenvalue weighted by Gasteiger charge is 2.23. The smallest absolute Gasteiger partial charge is 0.255 e. The number of nitriles is 1. The quantitative estimate of drug-likeness (QED) is 0.824. The fourth-order valence-corrected chi connectivity index (χ4v) is 3.07. The van der Waals surface area contributed by atoms with Gasteiger partial charge in [0, 0.05) is 37.6 Å². The molecule has 2 rings (SSSR count). The fourth-order valence-electron chi connectivity index (χ4n) is 2.37. The van der Waals surface area contributed by atoms with Crippen molar-refractivity contribution in [1.29, 1.82) is 5.26 Å². The molecule has 1 fully saturated rings. The van der Waals surface area contributed by atoms with Crippen molar-refractivity contribution >= 4 is 17.7 Å². The summed E-state index contributed by atoms with van der Waals surface area (Å²) >= 11 is 1.40. The summed E-state index contributed by atoms with van der Waals surface area (Å²) in [5, 5.41) is 17.6. The van der Waals surface area contributed by atoms with Crippen molar-refractivity contribution in [3.63, 3.8) is 0 Å². The number of carbonyl (C=O) groups excluding carboxylic acids is 1. The molecule has 1 heterocycles. The fraction of sp³-hybridized carbons (Fsp3) is 0.467. The molecule has 0 saturated carbocycles. The number of benzene rings is 1. The number of aliphatic hydroxyl groups is 1. The van der Waals surface area contributed by atoms with Gasteiger partial charge in [0.05, 0.1) is 24.0 Å². The van der Waals surface area contributed by atoms with Gasteiger partial charge in [0.1, 0.15) is 0 Å². The minimum atomic E-state index is 0.0275. The summed E-state index contributed by atoms with van der Waals surface area (Å²) < 4.78 is 0. The van der Waals surface area contributed by atoms with Crippen LogP contribution in [0.1, 0.15) is 10.4 Å². The molecular weight excluding hydrogens is 286 g/mol. The van der Waals surface area contributed by atoms with Crippen LogP contribution in [0.4, 0.5) is 0 Å². The Balaban J connectivity index is 2.02. The van der Waals surface area contributed by atoms with Crippen molar-refractivity contribution in [1.82, 2.24) is 9.80 Å². The van der Waals surface area contributed by atoms with Gasteiger partial charge in [-0.3, -0.25) is 9.69 Å². The van der Waals surface area contributed by atoms with Gasteiger partial charge in [-0.05, 0) is 12.1 Å². The molecule has 112 valence electrons. The van der Waals surface area contributed by atoms with Crippen molar-refractivity contribution in [3.8, 4) is 6.07 Å². The van der Waals surface area contributed by atoms with E-state index in [0.717, 1.165) is 18.0 Å². The molecule has 0 unspecified atom stereocenters. The highest BCUT2D eigenvalue weighted by Crippen LogP contribution is 2.23. The zero-order valence-corrected chi connectivity index (χ0v) is 12.7. The molecule has 1 aromatic carbocycles. The second-order valence-corrected chi connectivity index (χ2v) is 5.82. The first-order valence-electron chi connectivity index (χ1n) is 6.97. The summed E-state index contributed by atoms with van der Waals surface area (Å²) in [6, 6.07) is 9.53. The number of nitrogens with zero attached hydrogens (tertiary/aromatic N) is 3. The Morgan fingerprint density at radius 2 is 2.00 bits per heavy atom. The van der Waals surface area contributed by atoms with Gasteiger partial charge < -0.3 is 10.0 Å². The van der Waals surface area contributed by atoms with Gasteiger partial charge in [0.15, 0.2) is 0 Å². The van der Waals surface area contributed by atoms with Crippen molar-refractivity contribution in [3.05, 3.63) is 29.8 Å². The molecule has 21 heavy (non-hydrogen) atoms. The van der Waals surface area contributed by atoms with Crippen LogP contribution < -0.4 is 0 Å². The molecule has 0 bridgehead atoms. The Morgan fingerprint density at radius 3 is 2.67 bits per heavy atom. The van der Waals surface area contributed by atoms with Crippen LogP contribution in [-0.4, -0.2) is 65.9 Å². The maximum Gasteiger partial charge on any atom is 0.255 e. The van der Waals surface area contributed by atoms with Crippen LogP contribution in [0.15, 0.2) is 29.2 Å². The van der Waals surface area contributed by atoms with E-state index in [1.165, 1.54) is 11.8 Å². The predicted octanol–water partition coefficient (Wildman–Crippen LogP) is 1.05. The van der Waals surface area contributed by atoms with E-state index in [1.54, 1.807) is 0 Å². The second kappa shape index (κ2) is 8.03. The monoisotopic (exact) mass is 305 g/mol. The molecule has 1 amide bonds. The summed E-state index contributed by atoms with van der Waals surface area (Å²) in [6.45, 7) is 3.75. The molecule has 0 radical (unpaired) electrons. The zero-order chi connectivity index (χ0) is 15.1. The van der Waals surface area contributed by atoms with E-state index < -0.39 is 0 Å². The highest BCUT2D eigenvalue weighted by atomic mass is 32.2. The SMILES string of the molecule is N#CCSc1ccccc1C(=O)N1CCN(CCO)CC1. The summed E-state index contributed by atoms with van der Waals surface area (Å²) in [4.78, 5) is 17.5. The van der Waals surface area contributed by atoms with E-state index in [9.17, 15) is 4.79 Å². The lowest BCUT2D eigenvalue weighted by Crippen LogP contribution is -2.49. The summed E-state index contributed by atoms with van der Waals surface area (Å²) in [6.07, 6.45) is 0. The normalized spacial score (nSPS) is 15.7. The van der Waals surface area contributed by atoms with Crippen LogP contribution in [0.25, 0.3) is 0 Å². The van der Waals surface area contributed by atoms with Crippen LogP contribution in [0.5, 0.6) is 0 Å². The molecular formula is C15H19N3O2S. The maximum absolute atomic E-state index is 12.6. The summed E-state index contributed by atoms with van der Waals surface area (Å²) in [5.74, 6) is 0.369. The molecule has 1 aliphatic rings. The molecule has 1 aromatic rings. The Kier molecular flexibility index (Phi) is 6.05. The van der Waals surface area contributed by atoms with Gasteiger partial charge in [-0.25, -0.2) is 0 Å². The summed E-state index contributed by atoms with van der Waals surface area (Å²) in [7, 11) is 0. The second-order valence-electron chi connectivity index (χ2n) is 4.80. The van der Waals surface area contributed by atoms with Gasteiger partial charge in [-0.1, -0.05) is 12.1 Å². The number of aliphatic hydroxyl groups excluding tert-OH is 1. The van der Waals surface area contributed by atoms with E-state index in [2.05, 4.69) is 11.0 Å². The molecule has 1 aliphatic heterocycles. The Bertz CT molecular complexity index is 522. The van der Waals surface area contributed by atoms with Crippen LogP contribution >= 0.6 is 11.8 Å². The van der Waals surface area contributed by atoms with Gasteiger partial charge in [-0.15, -0.1) is 11.8 Å². The van der Waals surface area contributed by atoms with Crippen molar-refractivity contribution in [2.75, 3.05) is 45.1 Å². The first kappa shape index (κ1) is 15.8. The number of amides is 1. The van der Waals surface area contributed by atoms with Gasteiger partial charge in [0.2, 0.25) is 0 Å². The predicted molar refractivity (Wildman–Crippen MR) is 82.2 cm³/mol. The number of piperazine rings is 1. The van der Waals surface area contributed by atoms with Crippen LogP contribution in [0.3, 0.4) is 0 Å². The van der Waals surface area contributed by atoms with E-state index in [-0.39, 0.29) is 12.5 Å². The third-order valence-electron chi connectivity index (χ3n) is 3.49. The number of hydrogen-bond acceptors (Lipinski definition) is 5. The largest absolute Gasteiger partial charge is 0.395 e. The van der Waals surface area contributed by atoms with Gasteiger partial charge >= 0.3 is 0 Å². The lowest BCUT2D eigenvalue weighted by atomic mass is 10.2. The number of thioether (sulfide) groups is 1. The molecule has 0 atom stereocenters. The van der Waals surface area contributed by atoms with Crippen LogP contribution in [0, 0.1) is 11.3 Å². The first-order chi connectivity index (χ1) is 10.3. The third-order valence-corrected chi connectivity index (χ3v) is 4.43. The Labute approximate surface area is 129 Å². The summed E-state index contributed by atoms with van der Waals surface area (Å²) in [5.41, 5.74) is 0.674. The molecule has 0 spiro atoms. The average molecular weight is 305 g/mol. The zero-order valence-electron chi connectivity index (χ0n) is 11.9. The first-order valence-corrected chi connectivity index (χ1v) is 7.96. The van der Waals surface area contributed by atoms with E-state index in [1.807, 2.05) is 29.2 Å². The number of β-amino-alcohol motifs (C(OH)–C–C–N with tert-alkyl or cyclic N) is 1. The van der Waals surface area contributed by atoms with Crippen molar-refractivity contribution in [2.45, 2.75) is 4.90 Å². The molecule has 5 nitrogen and oxygen atoms in total. The molecule has 0 aromatic heterocycles. The molecule has 0 aliphatic carbocycles. The molecule has 6 heteroatoms. The number of carbonyl (C=O) groups is 1. The molecule has 1 N–H and O–H groups in total. The van der Waals surface area contributed by atoms with Gasteiger partial charge in [-0.2, -0.15) is 5.26 Å². The maximum atomic E-state index is 12.6. The number of hydrogen-bond donors (Lipinski definition) is 1. The van der Waals surface area contributed by atoms with E-state index in [0.29, 0.717) is 31.0 Å². The Morgan fingerprint density at radius 1 is 1.29 bits per heavy atom. The topological polar surface area (TPSA) is 67.6 Å². The van der Waals surface area contributed by atoms with Gasteiger partial charge in [0.25, 0.3) is 5.91 Å². The lowest BCUT2D eigenvalue weighted by molar-refractivity contribution is 0.0611. The third kappa shape index (κ3) is 4.21. The van der Waals surface area contributed by atoms with E-state index >= 15 is 0 Å². The lowest BCUT2D eigenvalue weighted by Gasteiger charge is -2.34. The minimum absolute atomic E-state index is 0.0275. The highest BCUT2D eigenvalue weighted by molar-refractivity contribution is 7.99. The van der Waals surface area contributed by atoms with E-state index in [4.69, 9.17) is 10.4 Å². The minimum Gasteiger partial charge on any atom is -0.395 e. The molecule has 1 saturated heterocycles. The van der Waals surface area contributed by atoms with Crippen LogP contribution in [0.2, 0.25) is 0 Å². The van der Waals surface area contributed by atoms with Crippen molar-refractivity contribution < 1.29 is 9.90 Å². The van der Waals surface area contributed by atoms with Crippen LogP contribution in [-0.2, 0) is 0 Å². The Hall–Kier alpha value is -1.55. The average Bonchev–Trinajstić information content (AvgIpc) is 2.53. The number of rotatable bonds is 5. The van der Waals surface area contributed by atoms with Crippen molar-refractivity contribution in [2.24, 2.45) is 0 Å². The standard InChI is InChI=1S/C15H19N3O2S/c16-5-12-21-14-4-2-1-3-13(14)15(20)18-8-6-17(7-9-18)10-11-19/h1-4,19H,6-12H2.